The summed E-state index contributed by atoms with van der Waals surface area (Å²) < 4.78 is 17.2. The third-order valence-electron chi connectivity index (χ3n) is 3.04. The van der Waals surface area contributed by atoms with Crippen LogP contribution in [-0.4, -0.2) is 19.6 Å². The topological polar surface area (TPSA) is 47.7 Å². The Labute approximate surface area is 124 Å². The van der Waals surface area contributed by atoms with Crippen molar-refractivity contribution in [2.75, 3.05) is 5.32 Å². The Morgan fingerprint density at radius 3 is 2.70 bits per heavy atom. The zero-order valence-corrected chi connectivity index (χ0v) is 12.9. The van der Waals surface area contributed by atoms with E-state index in [0.29, 0.717) is 18.7 Å². The molecule has 2 aromatic heterocycles. The molecule has 1 N–H and O–H groups in total. The molecule has 112 valence electrons. The minimum absolute atomic E-state index is 0. The first-order valence-corrected chi connectivity index (χ1v) is 6.63. The molecule has 2 heterocycles. The first-order valence-electron chi connectivity index (χ1n) is 6.63. The summed E-state index contributed by atoms with van der Waals surface area (Å²) >= 11 is 0. The number of halogens is 2. The van der Waals surface area contributed by atoms with Crippen molar-refractivity contribution in [3.8, 4) is 0 Å². The van der Waals surface area contributed by atoms with Crippen molar-refractivity contribution in [1.82, 2.24) is 19.6 Å². The van der Waals surface area contributed by atoms with Gasteiger partial charge in [0.2, 0.25) is 5.95 Å². The lowest BCUT2D eigenvalue weighted by atomic mass is 10.2. The van der Waals surface area contributed by atoms with Crippen LogP contribution in [-0.2, 0) is 19.6 Å². The molecule has 0 fully saturated rings. The molecule has 0 spiro atoms. The van der Waals surface area contributed by atoms with Gasteiger partial charge in [0.1, 0.15) is 0 Å². The van der Waals surface area contributed by atoms with Crippen molar-refractivity contribution >= 4 is 18.1 Å². The minimum Gasteiger partial charge on any atom is -0.378 e. The van der Waals surface area contributed by atoms with E-state index < -0.39 is 0 Å². The van der Waals surface area contributed by atoms with Gasteiger partial charge in [0.05, 0.1) is 17.6 Å². The maximum atomic E-state index is 14.0. The van der Waals surface area contributed by atoms with Crippen LogP contribution in [0.3, 0.4) is 0 Å². The number of nitrogens with zero attached hydrogens (tertiary/aromatic N) is 4. The molecule has 0 amide bonds. The Morgan fingerprint density at radius 2 is 2.10 bits per heavy atom. The molecule has 0 aliphatic heterocycles. The largest absolute Gasteiger partial charge is 0.378 e. The molecule has 0 atom stereocenters. The number of rotatable bonds is 6. The zero-order valence-electron chi connectivity index (χ0n) is 12.1. The molecule has 2 rings (SSSR count). The lowest BCUT2D eigenvalue weighted by Crippen LogP contribution is -2.04. The first kappa shape index (κ1) is 16.5. The second-order valence-electron chi connectivity index (χ2n) is 4.52. The summed E-state index contributed by atoms with van der Waals surface area (Å²) in [4.78, 5) is 0. The average Bonchev–Trinajstić information content (AvgIpc) is 2.93. The third kappa shape index (κ3) is 3.50. The summed E-state index contributed by atoms with van der Waals surface area (Å²) in [5.41, 5.74) is 2.24. The van der Waals surface area contributed by atoms with E-state index in [0.717, 1.165) is 24.3 Å². The molecule has 0 aliphatic rings. The highest BCUT2D eigenvalue weighted by Crippen LogP contribution is 2.15. The fraction of sp³-hybridized carbons (Fsp3) is 0.538. The van der Waals surface area contributed by atoms with Gasteiger partial charge in [-0.2, -0.15) is 14.6 Å². The first-order chi connectivity index (χ1) is 9.15. The monoisotopic (exact) mass is 301 g/mol. The molecule has 0 aliphatic carbocycles. The van der Waals surface area contributed by atoms with Crippen LogP contribution in [0, 0.1) is 12.9 Å². The number of aromatic nitrogens is 4. The maximum Gasteiger partial charge on any atom is 0.216 e. The fourth-order valence-corrected chi connectivity index (χ4v) is 2.00. The Hall–Kier alpha value is -1.56. The van der Waals surface area contributed by atoms with Crippen molar-refractivity contribution in [2.45, 2.75) is 46.8 Å². The molecular weight excluding hydrogens is 281 g/mol. The number of nitrogens with one attached hydrogen (secondary N) is 1. The molecule has 0 unspecified atom stereocenters. The fourth-order valence-electron chi connectivity index (χ4n) is 2.00. The van der Waals surface area contributed by atoms with Gasteiger partial charge in [-0.05, 0) is 20.3 Å². The summed E-state index contributed by atoms with van der Waals surface area (Å²) in [7, 11) is 0. The van der Waals surface area contributed by atoms with E-state index in [2.05, 4.69) is 22.4 Å². The number of hydrogen-bond donors (Lipinski definition) is 1. The average molecular weight is 302 g/mol. The van der Waals surface area contributed by atoms with E-state index in [-0.39, 0.29) is 18.4 Å². The normalized spacial score (nSPS) is 10.4. The Balaban J connectivity index is 0.00000200. The van der Waals surface area contributed by atoms with Gasteiger partial charge in [-0.15, -0.1) is 12.4 Å². The number of aryl methyl sites for hydroxylation is 3. The Bertz CT molecular complexity index is 549. The highest BCUT2D eigenvalue weighted by molar-refractivity contribution is 5.85. The molecular formula is C13H21ClFN5. The summed E-state index contributed by atoms with van der Waals surface area (Å²) in [5, 5.41) is 11.6. The van der Waals surface area contributed by atoms with E-state index in [1.165, 1.54) is 4.68 Å². The molecule has 2 aromatic rings. The second-order valence-corrected chi connectivity index (χ2v) is 4.52. The van der Waals surface area contributed by atoms with Crippen molar-refractivity contribution in [2.24, 2.45) is 0 Å². The lowest BCUT2D eigenvalue weighted by molar-refractivity contribution is 0.464. The molecule has 0 bridgehead atoms. The van der Waals surface area contributed by atoms with E-state index >= 15 is 0 Å². The summed E-state index contributed by atoms with van der Waals surface area (Å²) in [6.45, 7) is 7.67. The molecule has 20 heavy (non-hydrogen) atoms. The predicted octanol–water partition coefficient (Wildman–Crippen LogP) is 2.99. The van der Waals surface area contributed by atoms with Crippen LogP contribution in [0.4, 0.5) is 10.1 Å². The Kier molecular flexibility index (Phi) is 6.01. The smallest absolute Gasteiger partial charge is 0.216 e. The number of anilines is 1. The van der Waals surface area contributed by atoms with Gasteiger partial charge in [-0.3, -0.25) is 4.68 Å². The lowest BCUT2D eigenvalue weighted by Gasteiger charge is -2.02. The summed E-state index contributed by atoms with van der Waals surface area (Å²) in [6.07, 6.45) is 4.73. The van der Waals surface area contributed by atoms with Crippen LogP contribution >= 0.6 is 12.4 Å². The van der Waals surface area contributed by atoms with E-state index in [9.17, 15) is 4.39 Å². The van der Waals surface area contributed by atoms with Crippen molar-refractivity contribution in [1.29, 1.82) is 0 Å². The van der Waals surface area contributed by atoms with E-state index in [1.807, 2.05) is 24.7 Å². The quantitative estimate of drug-likeness (QED) is 0.892. The van der Waals surface area contributed by atoms with Gasteiger partial charge in [0, 0.05) is 31.4 Å². The molecule has 0 radical (unpaired) electrons. The molecule has 0 saturated carbocycles. The van der Waals surface area contributed by atoms with Crippen LogP contribution in [0.1, 0.15) is 31.5 Å². The van der Waals surface area contributed by atoms with Gasteiger partial charge in [-0.1, -0.05) is 6.92 Å². The van der Waals surface area contributed by atoms with Crippen LogP contribution in [0.25, 0.3) is 0 Å². The van der Waals surface area contributed by atoms with Gasteiger partial charge in [0.15, 0.2) is 0 Å². The van der Waals surface area contributed by atoms with Crippen molar-refractivity contribution in [3.63, 3.8) is 0 Å². The summed E-state index contributed by atoms with van der Waals surface area (Å²) in [6, 6.07) is 0. The highest BCUT2D eigenvalue weighted by atomic mass is 35.5. The standard InChI is InChI=1S/C13H20FN5.ClH/c1-4-6-18-9-11(7-16-18)15-8-12-10(3)17-19(5-2)13(12)14;/h7,9,15H,4-6,8H2,1-3H3;1H. The highest BCUT2D eigenvalue weighted by Gasteiger charge is 2.13. The molecule has 5 nitrogen and oxygen atoms in total. The van der Waals surface area contributed by atoms with Crippen molar-refractivity contribution in [3.05, 3.63) is 29.6 Å². The van der Waals surface area contributed by atoms with Crippen LogP contribution in [0.15, 0.2) is 12.4 Å². The minimum atomic E-state index is -0.256. The van der Waals surface area contributed by atoms with Gasteiger partial charge >= 0.3 is 0 Å². The van der Waals surface area contributed by atoms with Crippen molar-refractivity contribution < 1.29 is 4.39 Å². The van der Waals surface area contributed by atoms with Gasteiger partial charge < -0.3 is 5.32 Å². The summed E-state index contributed by atoms with van der Waals surface area (Å²) in [5.74, 6) is -0.256. The SMILES string of the molecule is CCCn1cc(NCc2c(C)nn(CC)c2F)cn1.Cl. The molecule has 0 aromatic carbocycles. The van der Waals surface area contributed by atoms with Gasteiger partial charge in [0.25, 0.3) is 0 Å². The zero-order chi connectivity index (χ0) is 13.8. The molecule has 0 saturated heterocycles. The van der Waals surface area contributed by atoms with E-state index in [4.69, 9.17) is 0 Å². The maximum absolute atomic E-state index is 14.0. The van der Waals surface area contributed by atoms with Crippen LogP contribution in [0.5, 0.6) is 0 Å². The van der Waals surface area contributed by atoms with Gasteiger partial charge in [-0.25, -0.2) is 4.68 Å². The Morgan fingerprint density at radius 1 is 1.35 bits per heavy atom. The van der Waals surface area contributed by atoms with Crippen LogP contribution < -0.4 is 5.32 Å². The van der Waals surface area contributed by atoms with Crippen LogP contribution in [0.2, 0.25) is 0 Å². The second kappa shape index (κ2) is 7.28. The number of hydrogen-bond acceptors (Lipinski definition) is 3. The predicted molar refractivity (Wildman–Crippen MR) is 79.7 cm³/mol. The molecule has 7 heteroatoms. The third-order valence-corrected chi connectivity index (χ3v) is 3.04. The van der Waals surface area contributed by atoms with E-state index in [1.54, 1.807) is 6.20 Å².